The lowest BCUT2D eigenvalue weighted by molar-refractivity contribution is -0.131. The Morgan fingerprint density at radius 1 is 1.43 bits per heavy atom. The fraction of sp³-hybridized carbons (Fsp3) is 0.471. The van der Waals surface area contributed by atoms with Crippen LogP contribution in [0.25, 0.3) is 6.08 Å². The maximum atomic E-state index is 13.4. The molecule has 0 saturated carbocycles. The van der Waals surface area contributed by atoms with Gasteiger partial charge in [0.25, 0.3) is 0 Å². The van der Waals surface area contributed by atoms with Gasteiger partial charge in [-0.05, 0) is 49.0 Å². The van der Waals surface area contributed by atoms with Crippen LogP contribution in [-0.4, -0.2) is 24.2 Å². The Morgan fingerprint density at radius 2 is 2.14 bits per heavy atom. The van der Waals surface area contributed by atoms with E-state index in [4.69, 9.17) is 5.11 Å². The number of nitrogens with zero attached hydrogens (tertiary/aromatic N) is 1. The molecule has 21 heavy (non-hydrogen) atoms. The molecule has 0 atom stereocenters. The molecule has 1 aromatic carbocycles. The third-order valence-corrected chi connectivity index (χ3v) is 4.67. The molecule has 0 bridgehead atoms. The number of benzene rings is 1. The normalized spacial score (nSPS) is 17.6. The topological polar surface area (TPSA) is 40.5 Å². The van der Waals surface area contributed by atoms with Gasteiger partial charge in [0, 0.05) is 30.4 Å². The third kappa shape index (κ3) is 3.43. The maximum absolute atomic E-state index is 13.4. The first-order valence-corrected chi connectivity index (χ1v) is 7.45. The summed E-state index contributed by atoms with van der Waals surface area (Å²) in [5.74, 6) is -1.37. The summed E-state index contributed by atoms with van der Waals surface area (Å²) in [4.78, 5) is 12.9. The summed E-state index contributed by atoms with van der Waals surface area (Å²) in [6.45, 7) is 6.30. The number of carboxylic acid groups (broad SMARTS) is 1. The summed E-state index contributed by atoms with van der Waals surface area (Å²) in [5, 5.41) is 8.77. The summed E-state index contributed by atoms with van der Waals surface area (Å²) in [5.41, 5.74) is 1.86. The summed E-state index contributed by atoms with van der Waals surface area (Å²) in [6, 6.07) is 4.58. The number of halogens is 1. The van der Waals surface area contributed by atoms with Crippen LogP contribution in [0.2, 0.25) is 0 Å². The second-order valence-electron chi connectivity index (χ2n) is 5.75. The van der Waals surface area contributed by atoms with Crippen LogP contribution in [0.4, 0.5) is 10.1 Å². The van der Waals surface area contributed by atoms with Crippen molar-refractivity contribution >= 4 is 17.7 Å². The summed E-state index contributed by atoms with van der Waals surface area (Å²) < 4.78 is 13.4. The Hall–Kier alpha value is -1.84. The Bertz CT molecular complexity index is 550. The number of carbonyl (C=O) groups is 1. The molecule has 1 N–H and O–H groups in total. The van der Waals surface area contributed by atoms with Gasteiger partial charge in [0.1, 0.15) is 5.82 Å². The second kappa shape index (κ2) is 6.29. The Labute approximate surface area is 125 Å². The van der Waals surface area contributed by atoms with E-state index < -0.39 is 5.97 Å². The minimum Gasteiger partial charge on any atom is -0.478 e. The van der Waals surface area contributed by atoms with E-state index in [1.54, 1.807) is 6.07 Å². The molecule has 114 valence electrons. The standard InChI is InChI=1S/C17H22FNO2/c1-3-17(4-2)9-10-19(12-17)15-7-6-14(18)11-13(15)5-8-16(20)21/h5-8,11H,3-4,9-10,12H2,1-2H3,(H,20,21)/b8-5+. The van der Waals surface area contributed by atoms with E-state index in [9.17, 15) is 9.18 Å². The zero-order chi connectivity index (χ0) is 15.5. The van der Waals surface area contributed by atoms with Crippen molar-refractivity contribution in [2.45, 2.75) is 33.1 Å². The summed E-state index contributed by atoms with van der Waals surface area (Å²) in [6.07, 6.45) is 5.91. The molecule has 0 amide bonds. The summed E-state index contributed by atoms with van der Waals surface area (Å²) in [7, 11) is 0. The van der Waals surface area contributed by atoms with Gasteiger partial charge in [-0.15, -0.1) is 0 Å². The molecule has 3 nitrogen and oxygen atoms in total. The molecule has 0 aromatic heterocycles. The number of hydrogen-bond donors (Lipinski definition) is 1. The average molecular weight is 291 g/mol. The van der Waals surface area contributed by atoms with Crippen molar-refractivity contribution in [2.75, 3.05) is 18.0 Å². The first-order valence-electron chi connectivity index (χ1n) is 7.45. The van der Waals surface area contributed by atoms with Crippen LogP contribution in [0.1, 0.15) is 38.7 Å². The van der Waals surface area contributed by atoms with E-state index in [-0.39, 0.29) is 5.82 Å². The number of rotatable bonds is 5. The van der Waals surface area contributed by atoms with Gasteiger partial charge < -0.3 is 10.0 Å². The highest BCUT2D eigenvalue weighted by Gasteiger charge is 2.35. The van der Waals surface area contributed by atoms with Crippen molar-refractivity contribution in [3.05, 3.63) is 35.7 Å². The van der Waals surface area contributed by atoms with Gasteiger partial charge in [-0.2, -0.15) is 0 Å². The fourth-order valence-electron chi connectivity index (χ4n) is 3.08. The van der Waals surface area contributed by atoms with Crippen LogP contribution in [-0.2, 0) is 4.79 Å². The molecule has 1 saturated heterocycles. The highest BCUT2D eigenvalue weighted by molar-refractivity contribution is 5.87. The highest BCUT2D eigenvalue weighted by atomic mass is 19.1. The van der Waals surface area contributed by atoms with E-state index in [0.717, 1.165) is 44.1 Å². The Balaban J connectivity index is 2.30. The minimum absolute atomic E-state index is 0.322. The molecule has 1 aliphatic rings. The molecule has 0 aliphatic carbocycles. The lowest BCUT2D eigenvalue weighted by Crippen LogP contribution is -2.26. The maximum Gasteiger partial charge on any atom is 0.328 e. The Morgan fingerprint density at radius 3 is 2.71 bits per heavy atom. The number of aliphatic carboxylic acids is 1. The van der Waals surface area contributed by atoms with E-state index in [1.807, 2.05) is 0 Å². The van der Waals surface area contributed by atoms with Crippen LogP contribution < -0.4 is 4.90 Å². The zero-order valence-electron chi connectivity index (χ0n) is 12.6. The van der Waals surface area contributed by atoms with E-state index >= 15 is 0 Å². The molecule has 4 heteroatoms. The van der Waals surface area contributed by atoms with Crippen molar-refractivity contribution in [2.24, 2.45) is 5.41 Å². The molecule has 1 aliphatic heterocycles. The lowest BCUT2D eigenvalue weighted by Gasteiger charge is -2.28. The van der Waals surface area contributed by atoms with E-state index in [2.05, 4.69) is 18.7 Å². The lowest BCUT2D eigenvalue weighted by atomic mass is 9.82. The smallest absolute Gasteiger partial charge is 0.328 e. The van der Waals surface area contributed by atoms with Gasteiger partial charge >= 0.3 is 5.97 Å². The second-order valence-corrected chi connectivity index (χ2v) is 5.75. The van der Waals surface area contributed by atoms with E-state index in [1.165, 1.54) is 18.2 Å². The number of carboxylic acids is 1. The number of hydrogen-bond acceptors (Lipinski definition) is 2. The van der Waals surface area contributed by atoms with Gasteiger partial charge in [-0.25, -0.2) is 9.18 Å². The van der Waals surface area contributed by atoms with Crippen molar-refractivity contribution in [3.8, 4) is 0 Å². The van der Waals surface area contributed by atoms with Crippen molar-refractivity contribution in [3.63, 3.8) is 0 Å². The molecular weight excluding hydrogens is 269 g/mol. The monoisotopic (exact) mass is 291 g/mol. The van der Waals surface area contributed by atoms with Crippen LogP contribution >= 0.6 is 0 Å². The van der Waals surface area contributed by atoms with Gasteiger partial charge in [0.15, 0.2) is 0 Å². The Kier molecular flexibility index (Phi) is 4.66. The molecule has 0 radical (unpaired) electrons. The van der Waals surface area contributed by atoms with Crippen LogP contribution in [0.15, 0.2) is 24.3 Å². The molecule has 2 rings (SSSR count). The molecular formula is C17H22FNO2. The fourth-order valence-corrected chi connectivity index (χ4v) is 3.08. The van der Waals surface area contributed by atoms with Gasteiger partial charge in [-0.3, -0.25) is 0 Å². The molecule has 1 fully saturated rings. The van der Waals surface area contributed by atoms with Crippen LogP contribution in [0, 0.1) is 11.2 Å². The largest absolute Gasteiger partial charge is 0.478 e. The number of anilines is 1. The third-order valence-electron chi connectivity index (χ3n) is 4.67. The predicted molar refractivity (Wildman–Crippen MR) is 82.9 cm³/mol. The van der Waals surface area contributed by atoms with Gasteiger partial charge in [0.05, 0.1) is 0 Å². The highest BCUT2D eigenvalue weighted by Crippen LogP contribution is 2.40. The van der Waals surface area contributed by atoms with Crippen molar-refractivity contribution in [1.29, 1.82) is 0 Å². The van der Waals surface area contributed by atoms with Crippen LogP contribution in [0.5, 0.6) is 0 Å². The average Bonchev–Trinajstić information content (AvgIpc) is 2.90. The summed E-state index contributed by atoms with van der Waals surface area (Å²) >= 11 is 0. The first-order chi connectivity index (χ1) is 9.99. The molecule has 1 heterocycles. The predicted octanol–water partition coefficient (Wildman–Crippen LogP) is 3.94. The van der Waals surface area contributed by atoms with Gasteiger partial charge in [-0.1, -0.05) is 13.8 Å². The zero-order valence-corrected chi connectivity index (χ0v) is 12.6. The molecule has 0 unspecified atom stereocenters. The first kappa shape index (κ1) is 15.5. The minimum atomic E-state index is -1.02. The van der Waals surface area contributed by atoms with Gasteiger partial charge in [0.2, 0.25) is 0 Å². The molecule has 0 spiro atoms. The quantitative estimate of drug-likeness (QED) is 0.835. The molecule has 1 aromatic rings. The van der Waals surface area contributed by atoms with Crippen molar-refractivity contribution < 1.29 is 14.3 Å². The van der Waals surface area contributed by atoms with Crippen LogP contribution in [0.3, 0.4) is 0 Å². The van der Waals surface area contributed by atoms with E-state index in [0.29, 0.717) is 11.0 Å². The van der Waals surface area contributed by atoms with Crippen molar-refractivity contribution in [1.82, 2.24) is 0 Å². The SMILES string of the molecule is CCC1(CC)CCN(c2ccc(F)cc2/C=C/C(=O)O)C1.